The molecule has 6 nitrogen and oxygen atoms in total. The van der Waals surface area contributed by atoms with Gasteiger partial charge in [-0.1, -0.05) is 133 Å². The van der Waals surface area contributed by atoms with Crippen molar-refractivity contribution in [1.29, 1.82) is 0 Å². The zero-order valence-electron chi connectivity index (χ0n) is 30.4. The largest absolute Gasteiger partial charge is 0.456 e. The molecule has 0 spiro atoms. The van der Waals surface area contributed by atoms with Gasteiger partial charge >= 0.3 is 0 Å². The number of rotatable bonds is 5. The van der Waals surface area contributed by atoms with Gasteiger partial charge in [0.25, 0.3) is 0 Å². The second-order valence-corrected chi connectivity index (χ2v) is 14.4. The number of hydrogen-bond donors (Lipinski definition) is 0. The van der Waals surface area contributed by atoms with E-state index in [0.29, 0.717) is 17.5 Å². The Kier molecular flexibility index (Phi) is 6.83. The first kappa shape index (κ1) is 31.5. The fourth-order valence-corrected chi connectivity index (χ4v) is 8.43. The van der Waals surface area contributed by atoms with Gasteiger partial charge in [0, 0.05) is 49.0 Å². The standard InChI is InChI=1S/C51H30N4O2/c1-3-13-31(14-4-1)49-52-50(32-15-5-2-6-16-32)54-51(53-49)34-23-25-39-46(30-34)57-48-43(55-41-20-10-7-17-36(41)37-18-8-11-21-42(37)55)27-26-35(47(39)48)33-24-28-45-40(29-33)38-19-9-12-22-44(38)56-45/h1-30H. The lowest BCUT2D eigenvalue weighted by molar-refractivity contribution is 0.666. The minimum absolute atomic E-state index is 0.574. The second kappa shape index (κ2) is 12.3. The molecule has 12 aromatic rings. The van der Waals surface area contributed by atoms with Gasteiger partial charge in [0.15, 0.2) is 23.1 Å². The second-order valence-electron chi connectivity index (χ2n) is 14.4. The van der Waals surface area contributed by atoms with Crippen LogP contribution >= 0.6 is 0 Å². The number of furan rings is 2. The lowest BCUT2D eigenvalue weighted by Crippen LogP contribution is -2.00. The van der Waals surface area contributed by atoms with E-state index >= 15 is 0 Å². The van der Waals surface area contributed by atoms with E-state index in [4.69, 9.17) is 23.8 Å². The van der Waals surface area contributed by atoms with Crippen molar-refractivity contribution in [2.24, 2.45) is 0 Å². The zero-order valence-corrected chi connectivity index (χ0v) is 30.4. The third-order valence-electron chi connectivity index (χ3n) is 11.1. The SMILES string of the molecule is c1ccc(-c2nc(-c3ccccc3)nc(-c3ccc4c(c3)oc3c(-n5c6ccccc6c6ccccc65)ccc(-c5ccc6oc7ccccc7c6c5)c34)n2)cc1. The Hall–Kier alpha value is -7.83. The highest BCUT2D eigenvalue weighted by Gasteiger charge is 2.22. The fraction of sp³-hybridized carbons (Fsp3) is 0. The molecule has 266 valence electrons. The van der Waals surface area contributed by atoms with Crippen molar-refractivity contribution in [2.45, 2.75) is 0 Å². The Balaban J connectivity index is 1.12. The van der Waals surface area contributed by atoms with Gasteiger partial charge in [-0.25, -0.2) is 15.0 Å². The topological polar surface area (TPSA) is 69.9 Å². The summed E-state index contributed by atoms with van der Waals surface area (Å²) in [5, 5.41) is 6.60. The molecular weight excluding hydrogens is 701 g/mol. The average Bonchev–Trinajstić information content (AvgIpc) is 3.96. The lowest BCUT2D eigenvalue weighted by Gasteiger charge is -2.12. The van der Waals surface area contributed by atoms with Gasteiger partial charge in [-0.2, -0.15) is 0 Å². The fourth-order valence-electron chi connectivity index (χ4n) is 8.43. The third-order valence-corrected chi connectivity index (χ3v) is 11.1. The maximum atomic E-state index is 7.09. The molecule has 0 aliphatic rings. The maximum absolute atomic E-state index is 7.09. The Morgan fingerprint density at radius 1 is 0.351 bits per heavy atom. The van der Waals surface area contributed by atoms with E-state index in [9.17, 15) is 0 Å². The summed E-state index contributed by atoms with van der Waals surface area (Å²) in [4.78, 5) is 15.0. The van der Waals surface area contributed by atoms with E-state index in [1.165, 1.54) is 10.8 Å². The van der Waals surface area contributed by atoms with Crippen LogP contribution in [-0.2, 0) is 0 Å². The van der Waals surface area contributed by atoms with Crippen LogP contribution < -0.4 is 0 Å². The summed E-state index contributed by atoms with van der Waals surface area (Å²) in [6, 6.07) is 62.7. The summed E-state index contributed by atoms with van der Waals surface area (Å²) >= 11 is 0. The van der Waals surface area contributed by atoms with Gasteiger partial charge in [-0.05, 0) is 59.7 Å². The molecule has 0 fully saturated rings. The monoisotopic (exact) mass is 730 g/mol. The first-order valence-corrected chi connectivity index (χ1v) is 19.0. The van der Waals surface area contributed by atoms with E-state index < -0.39 is 0 Å². The molecule has 0 atom stereocenters. The Bertz CT molecular complexity index is 3410. The molecule has 0 amide bonds. The molecule has 8 aromatic carbocycles. The summed E-state index contributed by atoms with van der Waals surface area (Å²) in [7, 11) is 0. The third kappa shape index (κ3) is 4.94. The van der Waals surface area contributed by atoms with Gasteiger partial charge < -0.3 is 13.4 Å². The zero-order chi connectivity index (χ0) is 37.5. The van der Waals surface area contributed by atoms with Crippen LogP contribution in [0.25, 0.3) is 117 Å². The van der Waals surface area contributed by atoms with Crippen LogP contribution in [0.4, 0.5) is 0 Å². The van der Waals surface area contributed by atoms with Crippen LogP contribution in [0.2, 0.25) is 0 Å². The van der Waals surface area contributed by atoms with Gasteiger partial charge in [-0.3, -0.25) is 0 Å². The van der Waals surface area contributed by atoms with E-state index in [0.717, 1.165) is 88.4 Å². The number of para-hydroxylation sites is 3. The van der Waals surface area contributed by atoms with Crippen LogP contribution in [0.5, 0.6) is 0 Å². The van der Waals surface area contributed by atoms with Crippen molar-refractivity contribution < 1.29 is 8.83 Å². The highest BCUT2D eigenvalue weighted by molar-refractivity contribution is 6.18. The Labute approximate surface area is 325 Å². The van der Waals surface area contributed by atoms with Crippen molar-refractivity contribution in [3.63, 3.8) is 0 Å². The highest BCUT2D eigenvalue weighted by atomic mass is 16.3. The summed E-state index contributed by atoms with van der Waals surface area (Å²) in [6.45, 7) is 0. The number of aromatic nitrogens is 4. The van der Waals surface area contributed by atoms with Crippen molar-refractivity contribution in [2.75, 3.05) is 0 Å². The smallest absolute Gasteiger partial charge is 0.164 e. The molecule has 0 aliphatic carbocycles. The molecule has 12 rings (SSSR count). The summed E-state index contributed by atoms with van der Waals surface area (Å²) in [5.74, 6) is 1.80. The van der Waals surface area contributed by atoms with E-state index in [1.54, 1.807) is 0 Å². The predicted octanol–water partition coefficient (Wildman–Crippen LogP) is 13.4. The van der Waals surface area contributed by atoms with Crippen molar-refractivity contribution in [3.05, 3.63) is 182 Å². The first-order chi connectivity index (χ1) is 28.2. The van der Waals surface area contributed by atoms with Crippen LogP contribution in [-0.4, -0.2) is 19.5 Å². The quantitative estimate of drug-likeness (QED) is 0.176. The van der Waals surface area contributed by atoms with E-state index in [-0.39, 0.29) is 0 Å². The molecule has 0 aliphatic heterocycles. The number of nitrogens with zero attached hydrogens (tertiary/aromatic N) is 4. The molecule has 6 heteroatoms. The van der Waals surface area contributed by atoms with Gasteiger partial charge in [0.2, 0.25) is 0 Å². The van der Waals surface area contributed by atoms with Crippen molar-refractivity contribution >= 4 is 65.7 Å². The molecule has 0 unspecified atom stereocenters. The summed E-state index contributed by atoms with van der Waals surface area (Å²) in [6.07, 6.45) is 0. The Morgan fingerprint density at radius 3 is 1.60 bits per heavy atom. The normalized spacial score (nSPS) is 11.9. The van der Waals surface area contributed by atoms with Crippen LogP contribution in [0.15, 0.2) is 191 Å². The summed E-state index contributed by atoms with van der Waals surface area (Å²) in [5.41, 5.74) is 11.3. The molecular formula is C51H30N4O2. The van der Waals surface area contributed by atoms with Crippen LogP contribution in [0, 0.1) is 0 Å². The number of hydrogen-bond acceptors (Lipinski definition) is 5. The molecule has 0 radical (unpaired) electrons. The minimum Gasteiger partial charge on any atom is -0.456 e. The highest BCUT2D eigenvalue weighted by Crippen LogP contribution is 2.44. The van der Waals surface area contributed by atoms with Gasteiger partial charge in [0.1, 0.15) is 16.7 Å². The van der Waals surface area contributed by atoms with Crippen LogP contribution in [0.1, 0.15) is 0 Å². The average molecular weight is 731 g/mol. The van der Waals surface area contributed by atoms with E-state index in [1.807, 2.05) is 72.8 Å². The molecule has 0 saturated heterocycles. The molecule has 0 saturated carbocycles. The molecule has 4 aromatic heterocycles. The van der Waals surface area contributed by atoms with Crippen molar-refractivity contribution in [1.82, 2.24) is 19.5 Å². The van der Waals surface area contributed by atoms with Crippen molar-refractivity contribution in [3.8, 4) is 51.0 Å². The Morgan fingerprint density at radius 2 is 0.912 bits per heavy atom. The number of benzene rings is 8. The van der Waals surface area contributed by atoms with E-state index in [2.05, 4.69) is 114 Å². The maximum Gasteiger partial charge on any atom is 0.164 e. The van der Waals surface area contributed by atoms with Gasteiger partial charge in [0.05, 0.1) is 16.7 Å². The molecule has 0 N–H and O–H groups in total. The molecule has 57 heavy (non-hydrogen) atoms. The lowest BCUT2D eigenvalue weighted by atomic mass is 9.96. The molecule has 0 bridgehead atoms. The first-order valence-electron chi connectivity index (χ1n) is 19.0. The predicted molar refractivity (Wildman–Crippen MR) is 230 cm³/mol. The van der Waals surface area contributed by atoms with Crippen LogP contribution in [0.3, 0.4) is 0 Å². The van der Waals surface area contributed by atoms with Gasteiger partial charge in [-0.15, -0.1) is 0 Å². The summed E-state index contributed by atoms with van der Waals surface area (Å²) < 4.78 is 15.6. The molecule has 4 heterocycles. The minimum atomic E-state index is 0.574. The number of fused-ring (bicyclic) bond motifs is 9.